The third-order valence-corrected chi connectivity index (χ3v) is 8.10. The lowest BCUT2D eigenvalue weighted by atomic mass is 10.1. The number of allylic oxidation sites excluding steroid dienone is 7. The molecule has 2 atom stereocenters. The van der Waals surface area contributed by atoms with Gasteiger partial charge in [0.15, 0.2) is 7.14 Å². The smallest absolute Gasteiger partial charge is 0.152 e. The van der Waals surface area contributed by atoms with Crippen molar-refractivity contribution in [3.8, 4) is 0 Å². The normalized spacial score (nSPS) is 28.7. The highest BCUT2D eigenvalue weighted by atomic mass is 31.2. The number of rotatable bonds is 3. The molecule has 2 unspecified atom stereocenters. The average molecular weight is 286 g/mol. The van der Waals surface area contributed by atoms with Gasteiger partial charge in [0.2, 0.25) is 0 Å². The Morgan fingerprint density at radius 1 is 1.10 bits per heavy atom. The molecule has 0 saturated heterocycles. The summed E-state index contributed by atoms with van der Waals surface area (Å²) < 4.78 is 14.0. The average Bonchev–Trinajstić information content (AvgIpc) is 2.56. The third-order valence-electron chi connectivity index (χ3n) is 4.49. The fourth-order valence-corrected chi connectivity index (χ4v) is 6.89. The molecule has 106 valence electrons. The zero-order valence-corrected chi connectivity index (χ0v) is 12.9. The minimum atomic E-state index is -2.48. The second-order valence-electron chi connectivity index (χ2n) is 5.88. The topological polar surface area (TPSA) is 17.1 Å². The van der Waals surface area contributed by atoms with Crippen molar-refractivity contribution in [2.24, 2.45) is 0 Å². The first-order chi connectivity index (χ1) is 9.82. The summed E-state index contributed by atoms with van der Waals surface area (Å²) in [4.78, 5) is 0. The summed E-state index contributed by atoms with van der Waals surface area (Å²) >= 11 is 0. The lowest BCUT2D eigenvalue weighted by Gasteiger charge is -2.31. The van der Waals surface area contributed by atoms with Crippen molar-refractivity contribution < 1.29 is 4.57 Å². The molecule has 0 N–H and O–H groups in total. The molecule has 0 radical (unpaired) electrons. The van der Waals surface area contributed by atoms with Gasteiger partial charge in [0, 0.05) is 16.3 Å². The molecule has 0 aromatic rings. The zero-order valence-electron chi connectivity index (χ0n) is 12.1. The van der Waals surface area contributed by atoms with Crippen LogP contribution in [0.3, 0.4) is 0 Å². The summed E-state index contributed by atoms with van der Waals surface area (Å²) in [5.74, 6) is 0. The molecule has 0 aromatic carbocycles. The van der Waals surface area contributed by atoms with Crippen molar-refractivity contribution in [2.75, 3.05) is 0 Å². The van der Waals surface area contributed by atoms with Crippen molar-refractivity contribution >= 4 is 7.14 Å². The molecule has 0 aromatic heterocycles. The van der Waals surface area contributed by atoms with E-state index in [1.165, 1.54) is 6.42 Å². The second-order valence-corrected chi connectivity index (χ2v) is 8.92. The predicted molar refractivity (Wildman–Crippen MR) is 86.3 cm³/mol. The van der Waals surface area contributed by atoms with Gasteiger partial charge >= 0.3 is 0 Å². The van der Waals surface area contributed by atoms with Crippen molar-refractivity contribution in [1.29, 1.82) is 0 Å². The van der Waals surface area contributed by atoms with E-state index in [1.807, 2.05) is 0 Å². The van der Waals surface area contributed by atoms with E-state index in [2.05, 4.69) is 42.2 Å². The summed E-state index contributed by atoms with van der Waals surface area (Å²) in [7, 11) is -2.48. The van der Waals surface area contributed by atoms with Crippen LogP contribution in [-0.4, -0.2) is 5.66 Å². The van der Waals surface area contributed by atoms with Gasteiger partial charge in [-0.2, -0.15) is 0 Å². The van der Waals surface area contributed by atoms with Gasteiger partial charge in [-0.25, -0.2) is 0 Å². The van der Waals surface area contributed by atoms with Gasteiger partial charge in [-0.15, -0.1) is 5.73 Å². The molecule has 3 rings (SSSR count). The highest BCUT2D eigenvalue weighted by Gasteiger charge is 2.38. The molecule has 20 heavy (non-hydrogen) atoms. The van der Waals surface area contributed by atoms with Crippen molar-refractivity contribution in [2.45, 2.75) is 57.0 Å². The van der Waals surface area contributed by atoms with Gasteiger partial charge in [-0.1, -0.05) is 30.4 Å². The fourth-order valence-electron chi connectivity index (χ4n) is 3.39. The van der Waals surface area contributed by atoms with E-state index in [0.29, 0.717) is 0 Å². The monoisotopic (exact) mass is 286 g/mol. The first-order valence-corrected chi connectivity index (χ1v) is 9.67. The van der Waals surface area contributed by atoms with Gasteiger partial charge in [-0.05, 0) is 57.4 Å². The van der Waals surface area contributed by atoms with E-state index in [4.69, 9.17) is 0 Å². The van der Waals surface area contributed by atoms with Crippen LogP contribution in [0.5, 0.6) is 0 Å². The minimum Gasteiger partial charge on any atom is -0.313 e. The molecule has 1 nitrogen and oxygen atoms in total. The van der Waals surface area contributed by atoms with Crippen LogP contribution >= 0.6 is 7.14 Å². The van der Waals surface area contributed by atoms with Gasteiger partial charge in [0.25, 0.3) is 0 Å². The minimum absolute atomic E-state index is 0.208. The maximum absolute atomic E-state index is 14.0. The third kappa shape index (κ3) is 2.58. The van der Waals surface area contributed by atoms with Crippen LogP contribution in [0, 0.1) is 0 Å². The molecule has 3 aliphatic carbocycles. The first-order valence-electron chi connectivity index (χ1n) is 7.90. The Labute approximate surface area is 122 Å². The maximum Gasteiger partial charge on any atom is 0.152 e. The fraction of sp³-hybridized carbons (Fsp3) is 0.500. The van der Waals surface area contributed by atoms with Gasteiger partial charge in [0.05, 0.1) is 0 Å². The highest BCUT2D eigenvalue weighted by molar-refractivity contribution is 7.73. The Morgan fingerprint density at radius 2 is 2.05 bits per heavy atom. The van der Waals surface area contributed by atoms with E-state index < -0.39 is 7.14 Å². The Kier molecular flexibility index (Phi) is 4.29. The summed E-state index contributed by atoms with van der Waals surface area (Å²) in [6.45, 7) is 0. The molecule has 0 saturated carbocycles. The van der Waals surface area contributed by atoms with Crippen molar-refractivity contribution in [1.82, 2.24) is 0 Å². The van der Waals surface area contributed by atoms with Crippen molar-refractivity contribution in [3.63, 3.8) is 0 Å². The van der Waals surface area contributed by atoms with Crippen molar-refractivity contribution in [3.05, 3.63) is 52.8 Å². The first kappa shape index (κ1) is 13.9. The number of hydrogen-bond donors (Lipinski definition) is 0. The molecule has 0 fully saturated rings. The number of hydrogen-bond acceptors (Lipinski definition) is 1. The summed E-state index contributed by atoms with van der Waals surface area (Å²) in [5.41, 5.74) is 3.58. The van der Waals surface area contributed by atoms with E-state index in [-0.39, 0.29) is 5.66 Å². The molecule has 0 heterocycles. The highest BCUT2D eigenvalue weighted by Crippen LogP contribution is 2.68. The van der Waals surface area contributed by atoms with E-state index in [0.717, 1.165) is 55.6 Å². The Balaban J connectivity index is 2.06. The van der Waals surface area contributed by atoms with E-state index >= 15 is 0 Å². The van der Waals surface area contributed by atoms with Crippen LogP contribution in [0.25, 0.3) is 0 Å². The van der Waals surface area contributed by atoms with Crippen LogP contribution in [-0.2, 0) is 4.57 Å². The molecule has 2 heteroatoms. The Hall–Kier alpha value is -1.03. The van der Waals surface area contributed by atoms with E-state index in [1.54, 1.807) is 0 Å². The molecule has 0 bridgehead atoms. The SMILES string of the molecule is O=P(C1=C=CCCC1)(C1=CCCC=C1)C1C=CCCC1. The predicted octanol–water partition coefficient (Wildman–Crippen LogP) is 5.92. The Morgan fingerprint density at radius 3 is 2.70 bits per heavy atom. The van der Waals surface area contributed by atoms with Crippen LogP contribution in [0.2, 0.25) is 0 Å². The lowest BCUT2D eigenvalue weighted by Crippen LogP contribution is -2.12. The second kappa shape index (κ2) is 6.17. The maximum atomic E-state index is 14.0. The van der Waals surface area contributed by atoms with Gasteiger partial charge < -0.3 is 4.57 Å². The van der Waals surface area contributed by atoms with Gasteiger partial charge in [0.1, 0.15) is 0 Å². The standard InChI is InChI=1S/C18H23OP/c19-20(16-10-4-1-5-11-16,17-12-6-2-7-13-17)18-14-8-3-9-15-18/h4,6,8,10-12,17H,1-3,5,7,9,13,15H2. The molecule has 0 aliphatic heterocycles. The zero-order chi connectivity index (χ0) is 13.8. The van der Waals surface area contributed by atoms with Crippen LogP contribution < -0.4 is 0 Å². The molecular formula is C18H23OP. The van der Waals surface area contributed by atoms with Gasteiger partial charge in [-0.3, -0.25) is 0 Å². The summed E-state index contributed by atoms with van der Waals surface area (Å²) in [5, 5.41) is 2.19. The molecule has 0 spiro atoms. The molecular weight excluding hydrogens is 263 g/mol. The largest absolute Gasteiger partial charge is 0.313 e. The van der Waals surface area contributed by atoms with E-state index in [9.17, 15) is 4.57 Å². The quantitative estimate of drug-likeness (QED) is 0.358. The molecule has 0 amide bonds. The molecule has 3 aliphatic rings. The van der Waals surface area contributed by atoms with Crippen LogP contribution in [0.4, 0.5) is 0 Å². The summed E-state index contributed by atoms with van der Waals surface area (Å²) in [6, 6.07) is 0. The van der Waals surface area contributed by atoms with Crippen LogP contribution in [0.15, 0.2) is 52.8 Å². The summed E-state index contributed by atoms with van der Waals surface area (Å²) in [6.07, 6.45) is 21.7. The lowest BCUT2D eigenvalue weighted by molar-refractivity contribution is 0.568. The Bertz CT molecular complexity index is 570. The van der Waals surface area contributed by atoms with Crippen LogP contribution in [0.1, 0.15) is 51.4 Å².